The number of hydrogen-bond donors (Lipinski definition) is 1. The fraction of sp³-hybridized carbons (Fsp3) is 0.714. The van der Waals surface area contributed by atoms with E-state index in [1.807, 2.05) is 4.90 Å². The van der Waals surface area contributed by atoms with Crippen LogP contribution in [-0.2, 0) is 6.18 Å². The SMILES string of the molecule is CCC1(C)CCN(c2cc(NC)nc(C(F)(F)F)n2)CC1. The molecule has 1 aromatic rings. The Labute approximate surface area is 122 Å². The normalized spacial score (nSPS) is 18.7. The predicted molar refractivity (Wildman–Crippen MR) is 76.4 cm³/mol. The zero-order valence-electron chi connectivity index (χ0n) is 12.6. The van der Waals surface area contributed by atoms with E-state index in [9.17, 15) is 13.2 Å². The molecule has 2 heterocycles. The van der Waals surface area contributed by atoms with Crippen LogP contribution in [0.1, 0.15) is 38.9 Å². The molecule has 0 bridgehead atoms. The van der Waals surface area contributed by atoms with Gasteiger partial charge in [-0.1, -0.05) is 20.3 Å². The van der Waals surface area contributed by atoms with Crippen LogP contribution in [0.25, 0.3) is 0 Å². The van der Waals surface area contributed by atoms with E-state index in [1.54, 1.807) is 13.1 Å². The highest BCUT2D eigenvalue weighted by molar-refractivity contribution is 5.49. The minimum atomic E-state index is -4.53. The van der Waals surface area contributed by atoms with Crippen molar-refractivity contribution in [1.29, 1.82) is 0 Å². The Morgan fingerprint density at radius 3 is 2.38 bits per heavy atom. The van der Waals surface area contributed by atoms with Gasteiger partial charge < -0.3 is 10.2 Å². The Bertz CT molecular complexity index is 493. The summed E-state index contributed by atoms with van der Waals surface area (Å²) in [6.45, 7) is 5.83. The van der Waals surface area contributed by atoms with Gasteiger partial charge in [-0.15, -0.1) is 0 Å². The molecule has 21 heavy (non-hydrogen) atoms. The van der Waals surface area contributed by atoms with Crippen molar-refractivity contribution >= 4 is 11.6 Å². The zero-order valence-corrected chi connectivity index (χ0v) is 12.6. The van der Waals surface area contributed by atoms with Gasteiger partial charge in [-0.3, -0.25) is 0 Å². The van der Waals surface area contributed by atoms with Crippen molar-refractivity contribution in [2.24, 2.45) is 5.41 Å². The highest BCUT2D eigenvalue weighted by Gasteiger charge is 2.36. The van der Waals surface area contributed by atoms with E-state index in [0.29, 0.717) is 5.82 Å². The van der Waals surface area contributed by atoms with E-state index in [1.165, 1.54) is 0 Å². The first-order valence-corrected chi connectivity index (χ1v) is 7.16. The van der Waals surface area contributed by atoms with Crippen molar-refractivity contribution in [3.63, 3.8) is 0 Å². The second-order valence-electron chi connectivity index (χ2n) is 5.83. The summed E-state index contributed by atoms with van der Waals surface area (Å²) in [5, 5.41) is 2.67. The van der Waals surface area contributed by atoms with Crippen molar-refractivity contribution in [1.82, 2.24) is 9.97 Å². The lowest BCUT2D eigenvalue weighted by molar-refractivity contribution is -0.144. The van der Waals surface area contributed by atoms with Crippen molar-refractivity contribution in [2.75, 3.05) is 30.4 Å². The van der Waals surface area contributed by atoms with Crippen LogP contribution in [0, 0.1) is 5.41 Å². The second-order valence-corrected chi connectivity index (χ2v) is 5.83. The number of piperidine rings is 1. The van der Waals surface area contributed by atoms with Gasteiger partial charge in [-0.2, -0.15) is 13.2 Å². The third-order valence-corrected chi connectivity index (χ3v) is 4.37. The Morgan fingerprint density at radius 2 is 1.90 bits per heavy atom. The molecule has 1 fully saturated rings. The molecule has 1 aliphatic heterocycles. The van der Waals surface area contributed by atoms with Crippen LogP contribution in [0.4, 0.5) is 24.8 Å². The Morgan fingerprint density at radius 1 is 1.29 bits per heavy atom. The maximum absolute atomic E-state index is 12.9. The van der Waals surface area contributed by atoms with Crippen molar-refractivity contribution in [3.05, 3.63) is 11.9 Å². The molecule has 0 atom stereocenters. The molecule has 1 N–H and O–H groups in total. The molecule has 0 unspecified atom stereocenters. The fourth-order valence-corrected chi connectivity index (χ4v) is 2.48. The first-order valence-electron chi connectivity index (χ1n) is 7.16. The molecule has 0 spiro atoms. The zero-order chi connectivity index (χ0) is 15.7. The first kappa shape index (κ1) is 15.9. The molecule has 7 heteroatoms. The molecule has 0 radical (unpaired) electrons. The van der Waals surface area contributed by atoms with Crippen LogP contribution in [0.3, 0.4) is 0 Å². The predicted octanol–water partition coefficient (Wildman–Crippen LogP) is 3.55. The molecule has 0 aromatic carbocycles. The van der Waals surface area contributed by atoms with Gasteiger partial charge in [-0.25, -0.2) is 9.97 Å². The Kier molecular flexibility index (Phi) is 4.30. The van der Waals surface area contributed by atoms with Gasteiger partial charge in [-0.05, 0) is 18.3 Å². The maximum atomic E-state index is 12.9. The van der Waals surface area contributed by atoms with Gasteiger partial charge in [0.1, 0.15) is 11.6 Å². The minimum Gasteiger partial charge on any atom is -0.373 e. The topological polar surface area (TPSA) is 41.0 Å². The first-order chi connectivity index (χ1) is 9.77. The number of anilines is 2. The van der Waals surface area contributed by atoms with Crippen molar-refractivity contribution in [2.45, 2.75) is 39.3 Å². The summed E-state index contributed by atoms with van der Waals surface area (Å²) in [7, 11) is 1.55. The summed E-state index contributed by atoms with van der Waals surface area (Å²) >= 11 is 0. The highest BCUT2D eigenvalue weighted by atomic mass is 19.4. The summed E-state index contributed by atoms with van der Waals surface area (Å²) in [6.07, 6.45) is -1.52. The molecule has 0 amide bonds. The summed E-state index contributed by atoms with van der Waals surface area (Å²) in [5.41, 5.74) is 0.280. The number of alkyl halides is 3. The number of nitrogens with one attached hydrogen (secondary N) is 1. The number of rotatable bonds is 3. The van der Waals surface area contributed by atoms with Crippen molar-refractivity contribution in [3.8, 4) is 0 Å². The lowest BCUT2D eigenvalue weighted by Crippen LogP contribution is -2.39. The largest absolute Gasteiger partial charge is 0.451 e. The lowest BCUT2D eigenvalue weighted by Gasteiger charge is -2.39. The summed E-state index contributed by atoms with van der Waals surface area (Å²) in [6, 6.07) is 1.57. The van der Waals surface area contributed by atoms with Gasteiger partial charge in [0.05, 0.1) is 0 Å². The van der Waals surface area contributed by atoms with Crippen LogP contribution in [0.5, 0.6) is 0 Å². The van der Waals surface area contributed by atoms with Gasteiger partial charge in [0, 0.05) is 26.2 Å². The van der Waals surface area contributed by atoms with Crippen LogP contribution >= 0.6 is 0 Å². The fourth-order valence-electron chi connectivity index (χ4n) is 2.48. The standard InChI is InChI=1S/C14H21F3N4/c1-4-13(2)5-7-21(8-6-13)11-9-10(18-3)19-12(20-11)14(15,16)17/h9H,4-8H2,1-3H3,(H,18,19,20). The molecule has 0 aliphatic carbocycles. The molecule has 2 rings (SSSR count). The third-order valence-electron chi connectivity index (χ3n) is 4.37. The highest BCUT2D eigenvalue weighted by Crippen LogP contribution is 2.36. The number of aromatic nitrogens is 2. The lowest BCUT2D eigenvalue weighted by atomic mass is 9.78. The molecule has 4 nitrogen and oxygen atoms in total. The van der Waals surface area contributed by atoms with Gasteiger partial charge in [0.15, 0.2) is 0 Å². The van der Waals surface area contributed by atoms with Crippen LogP contribution in [0.2, 0.25) is 0 Å². The molecular formula is C14H21F3N4. The summed E-state index contributed by atoms with van der Waals surface area (Å²) < 4.78 is 38.6. The monoisotopic (exact) mass is 302 g/mol. The smallest absolute Gasteiger partial charge is 0.373 e. The Hall–Kier alpha value is -1.53. The second kappa shape index (κ2) is 5.69. The van der Waals surface area contributed by atoms with Gasteiger partial charge in [0.25, 0.3) is 0 Å². The molecule has 118 valence electrons. The number of nitrogens with zero attached hydrogens (tertiary/aromatic N) is 3. The molecular weight excluding hydrogens is 281 g/mol. The van der Waals surface area contributed by atoms with E-state index < -0.39 is 12.0 Å². The number of halogens is 3. The van der Waals surface area contributed by atoms with Gasteiger partial charge in [0.2, 0.25) is 5.82 Å². The minimum absolute atomic E-state index is 0.191. The molecule has 1 saturated heterocycles. The molecule has 1 aliphatic rings. The van der Waals surface area contributed by atoms with Crippen LogP contribution in [0.15, 0.2) is 6.07 Å². The molecule has 0 saturated carbocycles. The molecule has 1 aromatic heterocycles. The Balaban J connectivity index is 2.24. The van der Waals surface area contributed by atoms with E-state index in [-0.39, 0.29) is 11.2 Å². The maximum Gasteiger partial charge on any atom is 0.451 e. The van der Waals surface area contributed by atoms with E-state index in [0.717, 1.165) is 32.4 Å². The average Bonchev–Trinajstić information content (AvgIpc) is 2.46. The quantitative estimate of drug-likeness (QED) is 0.927. The average molecular weight is 302 g/mol. The number of hydrogen-bond acceptors (Lipinski definition) is 4. The summed E-state index contributed by atoms with van der Waals surface area (Å²) in [5.74, 6) is -0.552. The third kappa shape index (κ3) is 3.57. The van der Waals surface area contributed by atoms with E-state index in [4.69, 9.17) is 0 Å². The van der Waals surface area contributed by atoms with Crippen molar-refractivity contribution < 1.29 is 13.2 Å². The van der Waals surface area contributed by atoms with Crippen LogP contribution < -0.4 is 10.2 Å². The van der Waals surface area contributed by atoms with E-state index >= 15 is 0 Å². The van der Waals surface area contributed by atoms with Crippen LogP contribution in [-0.4, -0.2) is 30.1 Å². The van der Waals surface area contributed by atoms with E-state index in [2.05, 4.69) is 29.1 Å². The summed E-state index contributed by atoms with van der Waals surface area (Å²) in [4.78, 5) is 9.10. The van der Waals surface area contributed by atoms with Gasteiger partial charge >= 0.3 is 6.18 Å².